The van der Waals surface area contributed by atoms with Crippen molar-refractivity contribution in [1.82, 2.24) is 10.5 Å². The summed E-state index contributed by atoms with van der Waals surface area (Å²) in [7, 11) is 0. The lowest BCUT2D eigenvalue weighted by molar-refractivity contribution is -0.128. The highest BCUT2D eigenvalue weighted by Gasteiger charge is 2.35. The fourth-order valence-corrected chi connectivity index (χ4v) is 4.04. The van der Waals surface area contributed by atoms with Gasteiger partial charge in [0.25, 0.3) is 0 Å². The molecule has 0 saturated carbocycles. The van der Waals surface area contributed by atoms with Crippen molar-refractivity contribution in [2.45, 2.75) is 59.0 Å². The summed E-state index contributed by atoms with van der Waals surface area (Å²) >= 11 is 6.51. The first-order valence-electron chi connectivity index (χ1n) is 12.1. The highest BCUT2D eigenvalue weighted by Crippen LogP contribution is 2.33. The Balaban J connectivity index is 2.00. The summed E-state index contributed by atoms with van der Waals surface area (Å²) in [6.45, 7) is 8.63. The summed E-state index contributed by atoms with van der Waals surface area (Å²) in [6, 6.07) is 13.6. The molecule has 0 saturated heterocycles. The van der Waals surface area contributed by atoms with Gasteiger partial charge in [-0.15, -0.1) is 0 Å². The average molecular weight is 539 g/mol. The van der Waals surface area contributed by atoms with E-state index in [1.54, 1.807) is 61.5 Å². The van der Waals surface area contributed by atoms with Crippen molar-refractivity contribution >= 4 is 46.6 Å². The predicted octanol–water partition coefficient (Wildman–Crippen LogP) is 5.25. The zero-order chi connectivity index (χ0) is 28.0. The molecule has 0 aliphatic carbocycles. The standard InChI is InChI=1S/C28H31ClN4O5/c1-17-16-23(32-38-17)30-24(35)14-15-25(36)33(20-12-10-19(11-13-20)18(2)34)26(27(37)31-28(3,4)5)21-8-6-7-9-22(21)29/h6-13,16,26H,14-15H2,1-5H3,(H,31,37)(H,30,32,35)/t26-/m0/s1. The van der Waals surface area contributed by atoms with E-state index in [1.807, 2.05) is 20.8 Å². The van der Waals surface area contributed by atoms with Crippen LogP contribution in [0, 0.1) is 6.92 Å². The zero-order valence-electron chi connectivity index (χ0n) is 22.0. The molecular formula is C28H31ClN4O5. The van der Waals surface area contributed by atoms with Crippen LogP contribution in [0.5, 0.6) is 0 Å². The molecular weight excluding hydrogens is 508 g/mol. The largest absolute Gasteiger partial charge is 0.360 e. The Kier molecular flexibility index (Phi) is 9.06. The van der Waals surface area contributed by atoms with Crippen molar-refractivity contribution in [2.24, 2.45) is 0 Å². The van der Waals surface area contributed by atoms with Gasteiger partial charge in [0.1, 0.15) is 11.8 Å². The predicted molar refractivity (Wildman–Crippen MR) is 145 cm³/mol. The van der Waals surface area contributed by atoms with Gasteiger partial charge in [-0.1, -0.05) is 35.0 Å². The lowest BCUT2D eigenvalue weighted by Crippen LogP contribution is -2.49. The van der Waals surface area contributed by atoms with E-state index in [0.717, 1.165) is 0 Å². The fraction of sp³-hybridized carbons (Fsp3) is 0.321. The number of nitrogens with zero attached hydrogens (tertiary/aromatic N) is 2. The number of hydrogen-bond donors (Lipinski definition) is 2. The lowest BCUT2D eigenvalue weighted by atomic mass is 9.99. The van der Waals surface area contributed by atoms with Crippen molar-refractivity contribution in [3.63, 3.8) is 0 Å². The van der Waals surface area contributed by atoms with Crippen molar-refractivity contribution in [1.29, 1.82) is 0 Å². The summed E-state index contributed by atoms with van der Waals surface area (Å²) in [5, 5.41) is 9.55. The molecule has 0 unspecified atom stereocenters. The molecule has 1 atom stereocenters. The van der Waals surface area contributed by atoms with Crippen LogP contribution in [0.15, 0.2) is 59.1 Å². The summed E-state index contributed by atoms with van der Waals surface area (Å²) < 4.78 is 4.95. The number of rotatable bonds is 9. The molecule has 3 rings (SSSR count). The molecule has 2 aromatic carbocycles. The summed E-state index contributed by atoms with van der Waals surface area (Å²) in [4.78, 5) is 53.1. The Bertz CT molecular complexity index is 1330. The minimum absolute atomic E-state index is 0.137. The smallest absolute Gasteiger partial charge is 0.248 e. The van der Waals surface area contributed by atoms with E-state index in [2.05, 4.69) is 15.8 Å². The Hall–Kier alpha value is -3.98. The van der Waals surface area contributed by atoms with Gasteiger partial charge in [0.2, 0.25) is 17.7 Å². The Morgan fingerprint density at radius 2 is 1.68 bits per heavy atom. The SMILES string of the molecule is CC(=O)c1ccc(N(C(=O)CCC(=O)Nc2cc(C)on2)[C@H](C(=O)NC(C)(C)C)c2ccccc2Cl)cc1. The number of carbonyl (C=O) groups excluding carboxylic acids is 4. The summed E-state index contributed by atoms with van der Waals surface area (Å²) in [6.07, 6.45) is -0.371. The van der Waals surface area contributed by atoms with Gasteiger partial charge in [-0.25, -0.2) is 0 Å². The molecule has 1 heterocycles. The number of amides is 3. The maximum absolute atomic E-state index is 13.7. The van der Waals surface area contributed by atoms with Crippen LogP contribution in [0.2, 0.25) is 5.02 Å². The highest BCUT2D eigenvalue weighted by atomic mass is 35.5. The maximum atomic E-state index is 13.7. The normalized spacial score (nSPS) is 11.9. The Morgan fingerprint density at radius 1 is 1.03 bits per heavy atom. The number of aryl methyl sites for hydroxylation is 1. The number of aromatic nitrogens is 1. The van der Waals surface area contributed by atoms with Crippen LogP contribution in [-0.2, 0) is 14.4 Å². The topological polar surface area (TPSA) is 122 Å². The number of ketones is 1. The van der Waals surface area contributed by atoms with Crippen molar-refractivity contribution in [3.05, 3.63) is 76.5 Å². The Morgan fingerprint density at radius 3 is 2.24 bits per heavy atom. The monoisotopic (exact) mass is 538 g/mol. The molecule has 0 fully saturated rings. The van der Waals surface area contributed by atoms with Gasteiger partial charge in [0.15, 0.2) is 11.6 Å². The minimum atomic E-state index is -1.14. The number of Topliss-reactive ketones (excluding diaryl/α,β-unsaturated/α-hetero) is 1. The van der Waals surface area contributed by atoms with Crippen molar-refractivity contribution in [2.75, 3.05) is 10.2 Å². The molecule has 1 aromatic heterocycles. The third-order valence-electron chi connectivity index (χ3n) is 5.49. The van der Waals surface area contributed by atoms with Crippen LogP contribution in [0.1, 0.15) is 68.3 Å². The first kappa shape index (κ1) is 28.6. The van der Waals surface area contributed by atoms with E-state index in [1.165, 1.54) is 11.8 Å². The van der Waals surface area contributed by atoms with Crippen molar-refractivity contribution in [3.8, 4) is 0 Å². The second kappa shape index (κ2) is 12.0. The quantitative estimate of drug-likeness (QED) is 0.359. The molecule has 10 heteroatoms. The van der Waals surface area contributed by atoms with Gasteiger partial charge in [0, 0.05) is 46.3 Å². The molecule has 0 bridgehead atoms. The van der Waals surface area contributed by atoms with E-state index >= 15 is 0 Å². The van der Waals surface area contributed by atoms with Crippen molar-refractivity contribution < 1.29 is 23.7 Å². The van der Waals surface area contributed by atoms with E-state index in [-0.39, 0.29) is 24.4 Å². The maximum Gasteiger partial charge on any atom is 0.248 e. The third-order valence-corrected chi connectivity index (χ3v) is 5.83. The number of halogens is 1. The lowest BCUT2D eigenvalue weighted by Gasteiger charge is -2.34. The molecule has 38 heavy (non-hydrogen) atoms. The van der Waals surface area contributed by atoms with E-state index in [4.69, 9.17) is 16.1 Å². The van der Waals surface area contributed by atoms with Gasteiger partial charge in [0.05, 0.1) is 0 Å². The minimum Gasteiger partial charge on any atom is -0.360 e. The van der Waals surface area contributed by atoms with Gasteiger partial charge in [-0.2, -0.15) is 0 Å². The highest BCUT2D eigenvalue weighted by molar-refractivity contribution is 6.31. The average Bonchev–Trinajstić information content (AvgIpc) is 3.24. The Labute approximate surface area is 226 Å². The molecule has 200 valence electrons. The van der Waals surface area contributed by atoms with E-state index in [0.29, 0.717) is 27.6 Å². The number of nitrogens with one attached hydrogen (secondary N) is 2. The molecule has 9 nitrogen and oxygen atoms in total. The van der Waals surface area contributed by atoms with Crippen LogP contribution >= 0.6 is 11.6 Å². The first-order valence-corrected chi connectivity index (χ1v) is 12.5. The first-order chi connectivity index (χ1) is 17.9. The molecule has 0 radical (unpaired) electrons. The summed E-state index contributed by atoms with van der Waals surface area (Å²) in [5.74, 6) is -0.730. The van der Waals surface area contributed by atoms with Crippen LogP contribution in [-0.4, -0.2) is 34.2 Å². The van der Waals surface area contributed by atoms with Crippen LogP contribution in [0.25, 0.3) is 0 Å². The molecule has 2 N–H and O–H groups in total. The van der Waals surface area contributed by atoms with Crippen LogP contribution < -0.4 is 15.5 Å². The molecule has 3 aromatic rings. The van der Waals surface area contributed by atoms with Crippen LogP contribution in [0.4, 0.5) is 11.5 Å². The molecule has 3 amide bonds. The molecule has 0 aliphatic heterocycles. The van der Waals surface area contributed by atoms with Gasteiger partial charge in [-0.05, 0) is 65.0 Å². The van der Waals surface area contributed by atoms with Gasteiger partial charge < -0.3 is 15.2 Å². The number of carbonyl (C=O) groups is 4. The fourth-order valence-electron chi connectivity index (χ4n) is 3.80. The molecule has 0 aliphatic rings. The number of hydrogen-bond acceptors (Lipinski definition) is 6. The zero-order valence-corrected chi connectivity index (χ0v) is 22.8. The van der Waals surface area contributed by atoms with Crippen LogP contribution in [0.3, 0.4) is 0 Å². The van der Waals surface area contributed by atoms with E-state index in [9.17, 15) is 19.2 Å². The second-order valence-electron chi connectivity index (χ2n) is 9.90. The third kappa shape index (κ3) is 7.52. The van der Waals surface area contributed by atoms with Gasteiger partial charge >= 0.3 is 0 Å². The summed E-state index contributed by atoms with van der Waals surface area (Å²) in [5.41, 5.74) is 0.653. The number of benzene rings is 2. The van der Waals surface area contributed by atoms with E-state index < -0.39 is 29.3 Å². The number of anilines is 2. The molecule has 0 spiro atoms. The second-order valence-corrected chi connectivity index (χ2v) is 10.3. The van der Waals surface area contributed by atoms with Gasteiger partial charge in [-0.3, -0.25) is 24.1 Å².